The van der Waals surface area contributed by atoms with E-state index in [2.05, 4.69) is 12.2 Å². The molecule has 1 saturated carbocycles. The van der Waals surface area contributed by atoms with E-state index in [1.165, 1.54) is 19.3 Å². The van der Waals surface area contributed by atoms with Gasteiger partial charge in [-0.3, -0.25) is 0 Å². The first kappa shape index (κ1) is 13.5. The summed E-state index contributed by atoms with van der Waals surface area (Å²) in [5.41, 5.74) is 0.906. The largest absolute Gasteiger partial charge is 0.310 e. The molecule has 2 atom stereocenters. The summed E-state index contributed by atoms with van der Waals surface area (Å²) in [6.45, 7) is 2.92. The highest BCUT2D eigenvalue weighted by Gasteiger charge is 2.35. The van der Waals surface area contributed by atoms with Gasteiger partial charge in [0.25, 0.3) is 0 Å². The second-order valence-electron chi connectivity index (χ2n) is 4.59. The molecule has 2 unspecified atom stereocenters. The van der Waals surface area contributed by atoms with Crippen molar-refractivity contribution in [1.82, 2.24) is 5.32 Å². The third kappa shape index (κ3) is 3.29. The third-order valence-electron chi connectivity index (χ3n) is 3.26. The van der Waals surface area contributed by atoms with Crippen LogP contribution in [0.2, 0.25) is 15.1 Å². The van der Waals surface area contributed by atoms with Gasteiger partial charge >= 0.3 is 0 Å². The summed E-state index contributed by atoms with van der Waals surface area (Å²) in [6.07, 6.45) is 3.82. The summed E-state index contributed by atoms with van der Waals surface area (Å²) in [5, 5.41) is 5.30. The maximum Gasteiger partial charge on any atom is 0.0652 e. The van der Waals surface area contributed by atoms with Gasteiger partial charge < -0.3 is 5.32 Å². The van der Waals surface area contributed by atoms with Crippen molar-refractivity contribution in [3.8, 4) is 0 Å². The van der Waals surface area contributed by atoms with Gasteiger partial charge in [0.05, 0.1) is 10.0 Å². The van der Waals surface area contributed by atoms with Crippen LogP contribution >= 0.6 is 34.8 Å². The van der Waals surface area contributed by atoms with Crippen LogP contribution in [0.5, 0.6) is 0 Å². The Hall–Kier alpha value is 0.0500. The van der Waals surface area contributed by atoms with Crippen LogP contribution < -0.4 is 5.32 Å². The Kier molecular flexibility index (Phi) is 4.59. The Bertz CT molecular complexity index is 406. The second-order valence-corrected chi connectivity index (χ2v) is 5.79. The third-order valence-corrected chi connectivity index (χ3v) is 4.46. The minimum absolute atomic E-state index is 0.564. The molecule has 1 N–H and O–H groups in total. The standard InChI is InChI=1S/C13H16Cl3N/c1-2-3-8-6-12(8)17-7-9-10(14)4-5-11(15)13(9)16/h4-5,8,12,17H,2-3,6-7H2,1H3. The molecule has 0 aliphatic heterocycles. The van der Waals surface area contributed by atoms with Crippen LogP contribution in [-0.2, 0) is 6.54 Å². The van der Waals surface area contributed by atoms with Crippen LogP contribution in [0.1, 0.15) is 31.7 Å². The van der Waals surface area contributed by atoms with E-state index >= 15 is 0 Å². The van der Waals surface area contributed by atoms with Gasteiger partial charge in [-0.1, -0.05) is 48.1 Å². The molecule has 94 valence electrons. The van der Waals surface area contributed by atoms with Crippen molar-refractivity contribution in [1.29, 1.82) is 0 Å². The monoisotopic (exact) mass is 291 g/mol. The van der Waals surface area contributed by atoms with Crippen molar-refractivity contribution in [2.45, 2.75) is 38.8 Å². The van der Waals surface area contributed by atoms with Crippen molar-refractivity contribution >= 4 is 34.8 Å². The highest BCUT2D eigenvalue weighted by molar-refractivity contribution is 6.44. The lowest BCUT2D eigenvalue weighted by Crippen LogP contribution is -2.18. The normalized spacial score (nSPS) is 22.8. The summed E-state index contributed by atoms with van der Waals surface area (Å²) in [5.74, 6) is 0.830. The quantitative estimate of drug-likeness (QED) is 0.759. The molecule has 0 amide bonds. The van der Waals surface area contributed by atoms with Crippen molar-refractivity contribution in [2.24, 2.45) is 5.92 Å². The van der Waals surface area contributed by atoms with Gasteiger partial charge in [0.15, 0.2) is 0 Å². The topological polar surface area (TPSA) is 12.0 Å². The Labute approximate surface area is 117 Å². The predicted molar refractivity (Wildman–Crippen MR) is 75.1 cm³/mol. The Morgan fingerprint density at radius 3 is 2.65 bits per heavy atom. The number of rotatable bonds is 5. The number of benzene rings is 1. The molecule has 1 nitrogen and oxygen atoms in total. The summed E-state index contributed by atoms with van der Waals surface area (Å²) in [4.78, 5) is 0. The van der Waals surface area contributed by atoms with Crippen LogP contribution in [0.25, 0.3) is 0 Å². The van der Waals surface area contributed by atoms with E-state index in [0.717, 1.165) is 11.5 Å². The fourth-order valence-corrected chi connectivity index (χ4v) is 2.83. The number of hydrogen-bond acceptors (Lipinski definition) is 1. The van der Waals surface area contributed by atoms with E-state index in [1.807, 2.05) is 0 Å². The Balaban J connectivity index is 1.94. The Morgan fingerprint density at radius 1 is 1.24 bits per heavy atom. The first-order valence-electron chi connectivity index (χ1n) is 5.99. The molecule has 0 heterocycles. The fraction of sp³-hybridized carbons (Fsp3) is 0.538. The first-order valence-corrected chi connectivity index (χ1v) is 7.12. The van der Waals surface area contributed by atoms with Gasteiger partial charge in [-0.15, -0.1) is 0 Å². The second kappa shape index (κ2) is 5.79. The molecule has 0 aromatic heterocycles. The smallest absolute Gasteiger partial charge is 0.0652 e. The van der Waals surface area contributed by atoms with E-state index in [1.54, 1.807) is 12.1 Å². The van der Waals surface area contributed by atoms with Crippen molar-refractivity contribution in [2.75, 3.05) is 0 Å². The molecule has 1 aliphatic carbocycles. The van der Waals surface area contributed by atoms with Gasteiger partial charge in [-0.25, -0.2) is 0 Å². The number of nitrogens with one attached hydrogen (secondary N) is 1. The van der Waals surface area contributed by atoms with Gasteiger partial charge in [0.2, 0.25) is 0 Å². The molecular weight excluding hydrogens is 277 g/mol. The van der Waals surface area contributed by atoms with Gasteiger partial charge in [-0.05, 0) is 30.9 Å². The zero-order valence-corrected chi connectivity index (χ0v) is 12.0. The molecule has 0 radical (unpaired) electrons. The molecule has 17 heavy (non-hydrogen) atoms. The average Bonchev–Trinajstić information content (AvgIpc) is 3.03. The first-order chi connectivity index (χ1) is 8.13. The van der Waals surface area contributed by atoms with Gasteiger partial charge in [0, 0.05) is 23.2 Å². The Morgan fingerprint density at radius 2 is 1.94 bits per heavy atom. The minimum atomic E-state index is 0.564. The molecule has 2 rings (SSSR count). The van der Waals surface area contributed by atoms with Gasteiger partial charge in [-0.2, -0.15) is 0 Å². The van der Waals surface area contributed by atoms with Crippen molar-refractivity contribution in [3.05, 3.63) is 32.8 Å². The van der Waals surface area contributed by atoms with Crippen LogP contribution in [0.15, 0.2) is 12.1 Å². The van der Waals surface area contributed by atoms with E-state index in [-0.39, 0.29) is 0 Å². The lowest BCUT2D eigenvalue weighted by Gasteiger charge is -2.09. The molecule has 0 saturated heterocycles. The zero-order valence-electron chi connectivity index (χ0n) is 9.77. The molecule has 1 aromatic rings. The summed E-state index contributed by atoms with van der Waals surface area (Å²) in [7, 11) is 0. The molecule has 1 aliphatic rings. The van der Waals surface area contributed by atoms with E-state index < -0.39 is 0 Å². The molecule has 0 spiro atoms. The van der Waals surface area contributed by atoms with Crippen LogP contribution in [0, 0.1) is 5.92 Å². The molecule has 1 aromatic carbocycles. The number of halogens is 3. The lowest BCUT2D eigenvalue weighted by atomic mass is 10.2. The lowest BCUT2D eigenvalue weighted by molar-refractivity contribution is 0.599. The minimum Gasteiger partial charge on any atom is -0.310 e. The molecule has 4 heteroatoms. The summed E-state index contributed by atoms with van der Waals surface area (Å²) < 4.78 is 0. The zero-order chi connectivity index (χ0) is 12.4. The van der Waals surface area contributed by atoms with Crippen molar-refractivity contribution in [3.63, 3.8) is 0 Å². The van der Waals surface area contributed by atoms with E-state index in [0.29, 0.717) is 27.7 Å². The van der Waals surface area contributed by atoms with E-state index in [4.69, 9.17) is 34.8 Å². The maximum atomic E-state index is 6.14. The highest BCUT2D eigenvalue weighted by atomic mass is 35.5. The maximum absolute atomic E-state index is 6.14. The highest BCUT2D eigenvalue weighted by Crippen LogP contribution is 2.36. The molecule has 0 bridgehead atoms. The average molecular weight is 293 g/mol. The van der Waals surface area contributed by atoms with Crippen molar-refractivity contribution < 1.29 is 0 Å². The molecular formula is C13H16Cl3N. The fourth-order valence-electron chi connectivity index (χ4n) is 2.15. The number of hydrogen-bond donors (Lipinski definition) is 1. The SMILES string of the molecule is CCCC1CC1NCc1c(Cl)ccc(Cl)c1Cl. The van der Waals surface area contributed by atoms with Gasteiger partial charge in [0.1, 0.15) is 0 Å². The van der Waals surface area contributed by atoms with Crippen LogP contribution in [0.3, 0.4) is 0 Å². The predicted octanol–water partition coefficient (Wildman–Crippen LogP) is 4.93. The van der Waals surface area contributed by atoms with Crippen LogP contribution in [-0.4, -0.2) is 6.04 Å². The summed E-state index contributed by atoms with van der Waals surface area (Å²) in [6, 6.07) is 4.15. The van der Waals surface area contributed by atoms with Crippen LogP contribution in [0.4, 0.5) is 0 Å². The molecule has 1 fully saturated rings. The van der Waals surface area contributed by atoms with E-state index in [9.17, 15) is 0 Å². The summed E-state index contributed by atoms with van der Waals surface area (Å²) >= 11 is 18.2.